The maximum atomic E-state index is 12.2. The molecule has 0 aliphatic carbocycles. The van der Waals surface area contributed by atoms with Crippen molar-refractivity contribution >= 4 is 11.6 Å². The summed E-state index contributed by atoms with van der Waals surface area (Å²) in [5, 5.41) is 14.9. The fourth-order valence-corrected chi connectivity index (χ4v) is 2.78. The van der Waals surface area contributed by atoms with Crippen LogP contribution in [0.2, 0.25) is 0 Å². The molecule has 4 rings (SSSR count). The Morgan fingerprint density at radius 1 is 1.04 bits per heavy atom. The lowest BCUT2D eigenvalue weighted by Crippen LogP contribution is -2.30. The first-order valence-electron chi connectivity index (χ1n) is 8.70. The number of amides is 1. The molecule has 1 aliphatic rings. The van der Waals surface area contributed by atoms with Crippen LogP contribution in [-0.2, 0) is 22.6 Å². The fourth-order valence-electron chi connectivity index (χ4n) is 2.78. The van der Waals surface area contributed by atoms with Crippen LogP contribution in [-0.4, -0.2) is 27.9 Å². The van der Waals surface area contributed by atoms with E-state index in [0.717, 1.165) is 11.1 Å². The van der Waals surface area contributed by atoms with Gasteiger partial charge in [0.05, 0.1) is 6.42 Å². The van der Waals surface area contributed by atoms with E-state index in [9.17, 15) is 4.79 Å². The average molecular weight is 362 g/mol. The average Bonchev–Trinajstić information content (AvgIpc) is 3.38. The van der Waals surface area contributed by atoms with E-state index in [2.05, 4.69) is 20.7 Å². The molecule has 1 N–H and O–H groups in total. The van der Waals surface area contributed by atoms with Crippen LogP contribution >= 0.6 is 0 Å². The molecule has 0 unspecified atom stereocenters. The first-order valence-corrected chi connectivity index (χ1v) is 8.70. The molecule has 1 aliphatic heterocycles. The standard InChI is InChI=1S/C20H18N4O3/c25-19(21-13-14-7-3-1-4-8-14)17-11-16(27-24-17)12-18-22-23-20(26-18)15-9-5-2-6-10-15/h1-10,16H,11-13H2,(H,21,25)/t16-/m0/s1. The van der Waals surface area contributed by atoms with E-state index in [1.54, 1.807) is 0 Å². The summed E-state index contributed by atoms with van der Waals surface area (Å²) in [6.45, 7) is 0.452. The third-order valence-corrected chi connectivity index (χ3v) is 4.18. The zero-order valence-corrected chi connectivity index (χ0v) is 14.5. The van der Waals surface area contributed by atoms with Crippen LogP contribution in [0.5, 0.6) is 0 Å². The second-order valence-corrected chi connectivity index (χ2v) is 6.21. The molecule has 3 aromatic rings. The summed E-state index contributed by atoms with van der Waals surface area (Å²) in [4.78, 5) is 17.6. The Morgan fingerprint density at radius 2 is 1.78 bits per heavy atom. The molecule has 0 fully saturated rings. The van der Waals surface area contributed by atoms with Crippen molar-refractivity contribution in [2.24, 2.45) is 5.16 Å². The minimum atomic E-state index is -0.286. The van der Waals surface area contributed by atoms with Crippen molar-refractivity contribution in [1.29, 1.82) is 0 Å². The minimum absolute atomic E-state index is 0.225. The molecular weight excluding hydrogens is 344 g/mol. The van der Waals surface area contributed by atoms with Gasteiger partial charge in [0.15, 0.2) is 0 Å². The summed E-state index contributed by atoms with van der Waals surface area (Å²) in [7, 11) is 0. The first-order chi connectivity index (χ1) is 13.3. The van der Waals surface area contributed by atoms with Gasteiger partial charge in [-0.2, -0.15) is 0 Å². The van der Waals surface area contributed by atoms with E-state index >= 15 is 0 Å². The van der Waals surface area contributed by atoms with Gasteiger partial charge in [-0.3, -0.25) is 4.79 Å². The fraction of sp³-hybridized carbons (Fsp3) is 0.200. The second kappa shape index (κ2) is 7.82. The van der Waals surface area contributed by atoms with Gasteiger partial charge in [-0.25, -0.2) is 0 Å². The number of rotatable bonds is 6. The number of carbonyl (C=O) groups is 1. The highest BCUT2D eigenvalue weighted by molar-refractivity contribution is 6.39. The highest BCUT2D eigenvalue weighted by atomic mass is 16.6. The van der Waals surface area contributed by atoms with Crippen molar-refractivity contribution in [2.75, 3.05) is 0 Å². The van der Waals surface area contributed by atoms with E-state index in [1.807, 2.05) is 60.7 Å². The molecule has 0 radical (unpaired) electrons. The third-order valence-electron chi connectivity index (χ3n) is 4.18. The molecule has 136 valence electrons. The Morgan fingerprint density at radius 3 is 2.56 bits per heavy atom. The predicted octanol–water partition coefficient (Wildman–Crippen LogP) is 2.74. The highest BCUT2D eigenvalue weighted by Gasteiger charge is 2.28. The van der Waals surface area contributed by atoms with Crippen molar-refractivity contribution in [2.45, 2.75) is 25.5 Å². The molecule has 1 atom stereocenters. The largest absolute Gasteiger partial charge is 0.421 e. The molecule has 7 nitrogen and oxygen atoms in total. The van der Waals surface area contributed by atoms with Crippen molar-refractivity contribution in [3.63, 3.8) is 0 Å². The lowest BCUT2D eigenvalue weighted by Gasteiger charge is -2.05. The number of hydrogen-bond acceptors (Lipinski definition) is 6. The Labute approximate surface area is 156 Å². The molecule has 0 spiro atoms. The van der Waals surface area contributed by atoms with Gasteiger partial charge in [0.1, 0.15) is 11.8 Å². The Kier molecular flexibility index (Phi) is 4.91. The van der Waals surface area contributed by atoms with Crippen molar-refractivity contribution < 1.29 is 14.0 Å². The Bertz CT molecular complexity index is 938. The van der Waals surface area contributed by atoms with Crippen LogP contribution < -0.4 is 5.32 Å². The van der Waals surface area contributed by atoms with Gasteiger partial charge in [-0.05, 0) is 17.7 Å². The summed E-state index contributed by atoms with van der Waals surface area (Å²) in [6.07, 6.45) is 0.522. The maximum absolute atomic E-state index is 12.2. The quantitative estimate of drug-likeness (QED) is 0.728. The maximum Gasteiger partial charge on any atom is 0.269 e. The first kappa shape index (κ1) is 17.0. The normalized spacial score (nSPS) is 15.9. The van der Waals surface area contributed by atoms with Crippen LogP contribution in [0.4, 0.5) is 0 Å². The van der Waals surface area contributed by atoms with Crippen LogP contribution in [0.1, 0.15) is 17.9 Å². The van der Waals surface area contributed by atoms with E-state index in [0.29, 0.717) is 36.9 Å². The zero-order chi connectivity index (χ0) is 18.5. The molecule has 2 heterocycles. The van der Waals surface area contributed by atoms with Gasteiger partial charge in [0.2, 0.25) is 11.8 Å². The molecule has 0 bridgehead atoms. The lowest BCUT2D eigenvalue weighted by atomic mass is 10.1. The Balaban J connectivity index is 1.29. The molecular formula is C20H18N4O3. The number of benzene rings is 2. The number of oxime groups is 1. The van der Waals surface area contributed by atoms with Gasteiger partial charge in [0.25, 0.3) is 5.91 Å². The SMILES string of the molecule is O=C(NCc1ccccc1)C1=NO[C@H](Cc2nnc(-c3ccccc3)o2)C1. The summed E-state index contributed by atoms with van der Waals surface area (Å²) in [6, 6.07) is 19.3. The summed E-state index contributed by atoms with van der Waals surface area (Å²) >= 11 is 0. The number of carbonyl (C=O) groups excluding carboxylic acids is 1. The van der Waals surface area contributed by atoms with Crippen LogP contribution in [0.3, 0.4) is 0 Å². The number of hydrogen-bond donors (Lipinski definition) is 1. The Hall–Kier alpha value is -3.48. The second-order valence-electron chi connectivity index (χ2n) is 6.21. The third kappa shape index (κ3) is 4.20. The highest BCUT2D eigenvalue weighted by Crippen LogP contribution is 2.20. The van der Waals surface area contributed by atoms with E-state index in [-0.39, 0.29) is 12.0 Å². The van der Waals surface area contributed by atoms with Gasteiger partial charge >= 0.3 is 0 Å². The molecule has 0 saturated heterocycles. The molecule has 27 heavy (non-hydrogen) atoms. The summed E-state index contributed by atoms with van der Waals surface area (Å²) in [5.41, 5.74) is 2.26. The summed E-state index contributed by atoms with van der Waals surface area (Å²) in [5.74, 6) is 0.696. The van der Waals surface area contributed by atoms with Crippen molar-refractivity contribution in [3.05, 3.63) is 72.1 Å². The van der Waals surface area contributed by atoms with Crippen LogP contribution in [0.15, 0.2) is 70.2 Å². The van der Waals surface area contributed by atoms with E-state index in [1.165, 1.54) is 0 Å². The molecule has 1 aromatic heterocycles. The number of aromatic nitrogens is 2. The van der Waals surface area contributed by atoms with Gasteiger partial charge < -0.3 is 14.6 Å². The van der Waals surface area contributed by atoms with Crippen LogP contribution in [0.25, 0.3) is 11.5 Å². The monoisotopic (exact) mass is 362 g/mol. The van der Waals surface area contributed by atoms with Crippen molar-refractivity contribution in [1.82, 2.24) is 15.5 Å². The number of nitrogens with zero attached hydrogens (tertiary/aromatic N) is 3. The molecule has 1 amide bonds. The van der Waals surface area contributed by atoms with E-state index in [4.69, 9.17) is 9.25 Å². The number of nitrogens with one attached hydrogen (secondary N) is 1. The lowest BCUT2D eigenvalue weighted by molar-refractivity contribution is -0.115. The molecule has 0 saturated carbocycles. The smallest absolute Gasteiger partial charge is 0.269 e. The van der Waals surface area contributed by atoms with Gasteiger partial charge in [-0.15, -0.1) is 10.2 Å². The van der Waals surface area contributed by atoms with Gasteiger partial charge in [-0.1, -0.05) is 53.7 Å². The topological polar surface area (TPSA) is 89.6 Å². The van der Waals surface area contributed by atoms with Crippen LogP contribution in [0, 0.1) is 0 Å². The zero-order valence-electron chi connectivity index (χ0n) is 14.5. The van der Waals surface area contributed by atoms with Crippen molar-refractivity contribution in [3.8, 4) is 11.5 Å². The van der Waals surface area contributed by atoms with E-state index < -0.39 is 0 Å². The molecule has 7 heteroatoms. The minimum Gasteiger partial charge on any atom is -0.421 e. The summed E-state index contributed by atoms with van der Waals surface area (Å²) < 4.78 is 5.68. The molecule has 2 aromatic carbocycles. The predicted molar refractivity (Wildman–Crippen MR) is 98.7 cm³/mol. The van der Waals surface area contributed by atoms with Gasteiger partial charge in [0, 0.05) is 18.5 Å².